The largest absolute Gasteiger partial charge is 0.856 e. The highest BCUT2D eigenvalue weighted by Gasteiger charge is 2.48. The van der Waals surface area contributed by atoms with Crippen LogP contribution in [0.25, 0.3) is 22.3 Å². The van der Waals surface area contributed by atoms with Crippen molar-refractivity contribution in [3.8, 4) is 17.0 Å². The van der Waals surface area contributed by atoms with Gasteiger partial charge in [0, 0.05) is 18.3 Å². The highest BCUT2D eigenvalue weighted by Crippen LogP contribution is 2.60. The molecule has 1 aliphatic rings. The van der Waals surface area contributed by atoms with Gasteiger partial charge in [-0.15, -0.1) is 0 Å². The minimum atomic E-state index is -5.18. The Morgan fingerprint density at radius 2 is 1.73 bits per heavy atom. The first-order valence-electron chi connectivity index (χ1n) is 13.3. The average Bonchev–Trinajstić information content (AvgIpc) is 3.73. The van der Waals surface area contributed by atoms with Gasteiger partial charge in [-0.2, -0.15) is 4.31 Å². The van der Waals surface area contributed by atoms with Crippen LogP contribution < -0.4 is 15.4 Å². The van der Waals surface area contributed by atoms with Crippen molar-refractivity contribution in [3.05, 3.63) is 85.2 Å². The van der Waals surface area contributed by atoms with Crippen LogP contribution in [0.2, 0.25) is 0 Å². The Labute approximate surface area is 254 Å². The zero-order valence-electron chi connectivity index (χ0n) is 23.1. The summed E-state index contributed by atoms with van der Waals surface area (Å²) in [5.41, 5.74) is 8.67. The Bertz CT molecular complexity index is 1910. The number of nitrogens with zero attached hydrogens (tertiary/aromatic N) is 6. The van der Waals surface area contributed by atoms with E-state index in [1.165, 1.54) is 10.9 Å². The van der Waals surface area contributed by atoms with Crippen LogP contribution in [-0.2, 0) is 29.2 Å². The summed E-state index contributed by atoms with van der Waals surface area (Å²) in [5.74, 6) is -1.02. The molecular weight excluding hydrogens is 632 g/mol. The highest BCUT2D eigenvalue weighted by molar-refractivity contribution is 7.63. The SMILES string of the molecule is Nc1nc([O-])c2c(n1)[n+]([C@@H]1O[C@H](COP(=O)(O)OP(=O)(O)n3ccnc3)[C@@H](O)[C@H]1O)cn2Cc1ccc(-c2ccccc2)cc1. The van der Waals surface area contributed by atoms with Crippen molar-refractivity contribution >= 4 is 32.7 Å². The van der Waals surface area contributed by atoms with Gasteiger partial charge in [-0.3, -0.25) is 9.09 Å². The summed E-state index contributed by atoms with van der Waals surface area (Å²) >= 11 is 0. The van der Waals surface area contributed by atoms with Gasteiger partial charge in [-0.1, -0.05) is 59.6 Å². The van der Waals surface area contributed by atoms with Crippen LogP contribution >= 0.6 is 15.6 Å². The number of phosphoric ester groups is 1. The number of rotatable bonds is 10. The van der Waals surface area contributed by atoms with E-state index in [0.717, 1.165) is 35.4 Å². The lowest BCUT2D eigenvalue weighted by Crippen LogP contribution is -2.46. The predicted molar refractivity (Wildman–Crippen MR) is 153 cm³/mol. The highest BCUT2D eigenvalue weighted by atomic mass is 31.3. The Morgan fingerprint density at radius 1 is 1.02 bits per heavy atom. The fraction of sp³-hybridized carbons (Fsp3) is 0.231. The van der Waals surface area contributed by atoms with E-state index in [-0.39, 0.29) is 23.7 Å². The van der Waals surface area contributed by atoms with E-state index in [9.17, 15) is 34.2 Å². The summed E-state index contributed by atoms with van der Waals surface area (Å²) in [6, 6.07) is 17.5. The monoisotopic (exact) mass is 659 g/mol. The molecule has 1 fully saturated rings. The number of hydrogen-bond donors (Lipinski definition) is 5. The molecule has 19 heteroatoms. The molecule has 45 heavy (non-hydrogen) atoms. The first kappa shape index (κ1) is 31.0. The molecule has 0 amide bonds. The van der Waals surface area contributed by atoms with Gasteiger partial charge in [0.15, 0.2) is 11.8 Å². The molecule has 5 aromatic rings. The molecule has 6 rings (SSSR count). The third kappa shape index (κ3) is 6.39. The predicted octanol–water partition coefficient (Wildman–Crippen LogP) is 0.688. The number of nitrogen functional groups attached to an aromatic ring is 1. The molecule has 6 N–H and O–H groups in total. The first-order chi connectivity index (χ1) is 21.4. The van der Waals surface area contributed by atoms with Crippen LogP contribution in [-0.4, -0.2) is 68.8 Å². The Kier molecular flexibility index (Phi) is 8.30. The van der Waals surface area contributed by atoms with Crippen LogP contribution in [0.3, 0.4) is 0 Å². The Hall–Kier alpha value is -4.02. The molecule has 1 aliphatic heterocycles. The van der Waals surface area contributed by atoms with E-state index >= 15 is 0 Å². The van der Waals surface area contributed by atoms with Crippen molar-refractivity contribution in [2.75, 3.05) is 12.3 Å². The first-order valence-corrected chi connectivity index (χ1v) is 16.4. The van der Waals surface area contributed by atoms with Gasteiger partial charge in [-0.25, -0.2) is 28.0 Å². The second kappa shape index (κ2) is 12.1. The van der Waals surface area contributed by atoms with Gasteiger partial charge < -0.3 is 35.6 Å². The maximum atomic E-state index is 12.9. The summed E-state index contributed by atoms with van der Waals surface area (Å²) in [4.78, 5) is 31.5. The summed E-state index contributed by atoms with van der Waals surface area (Å²) in [6.07, 6.45) is -1.51. The van der Waals surface area contributed by atoms with Crippen LogP contribution in [0.5, 0.6) is 5.88 Å². The number of aromatic nitrogens is 6. The molecule has 2 unspecified atom stereocenters. The molecule has 1 saturated heterocycles. The molecule has 0 saturated carbocycles. The summed E-state index contributed by atoms with van der Waals surface area (Å²) in [7, 11) is -10.0. The molecule has 0 spiro atoms. The standard InChI is InChI=1S/C26H27N7O10P2/c27-26-29-23-20(24(36)30-26)31(12-16-6-8-18(9-7-16)17-4-2-1-3-5-17)15-33(23)25-22(35)21(34)19(42-25)13-41-45(39,40)43-44(37,38)32-11-10-28-14-32/h1-11,14-15,19,21-22,25,34-35H,12-13H2,(H4-,27,29,30,36,37,38,39,40)/t19-,21-,22-,25-/m1/s1. The summed E-state index contributed by atoms with van der Waals surface area (Å²) in [6.45, 7) is -0.633. The number of imidazole rings is 2. The van der Waals surface area contributed by atoms with Crippen LogP contribution in [0.1, 0.15) is 11.8 Å². The normalized spacial score (nSPS) is 22.8. The fourth-order valence-corrected chi connectivity index (χ4v) is 7.29. The zero-order valence-corrected chi connectivity index (χ0v) is 24.9. The van der Waals surface area contributed by atoms with Gasteiger partial charge in [0.2, 0.25) is 6.23 Å². The topological polar surface area (TPSA) is 244 Å². The Balaban J connectivity index is 1.23. The molecular formula is C26H27N7O10P2. The van der Waals surface area contributed by atoms with E-state index in [2.05, 4.69) is 19.3 Å². The molecule has 0 radical (unpaired) electrons. The summed E-state index contributed by atoms with van der Waals surface area (Å²) in [5, 5.41) is 34.5. The number of anilines is 1. The number of aliphatic hydroxyl groups is 2. The van der Waals surface area contributed by atoms with Gasteiger partial charge in [0.25, 0.3) is 5.95 Å². The number of fused-ring (bicyclic) bond motifs is 1. The lowest BCUT2D eigenvalue weighted by Gasteiger charge is -2.19. The summed E-state index contributed by atoms with van der Waals surface area (Å²) < 4.78 is 43.2. The average molecular weight is 659 g/mol. The van der Waals surface area contributed by atoms with E-state index in [4.69, 9.17) is 15.0 Å². The van der Waals surface area contributed by atoms with Crippen molar-refractivity contribution in [2.24, 2.45) is 0 Å². The number of ether oxygens (including phenoxy) is 1. The molecule has 6 atom stereocenters. The van der Waals surface area contributed by atoms with Crippen molar-refractivity contribution in [1.29, 1.82) is 0 Å². The minimum absolute atomic E-state index is 0.00365. The Morgan fingerprint density at radius 3 is 2.42 bits per heavy atom. The minimum Gasteiger partial charge on any atom is -0.856 e. The van der Waals surface area contributed by atoms with E-state index in [1.807, 2.05) is 54.6 Å². The van der Waals surface area contributed by atoms with Crippen molar-refractivity contribution < 1.29 is 52.4 Å². The third-order valence-electron chi connectivity index (χ3n) is 7.07. The molecule has 2 aromatic carbocycles. The quantitative estimate of drug-likeness (QED) is 0.102. The molecule has 17 nitrogen and oxygen atoms in total. The lowest BCUT2D eigenvalue weighted by atomic mass is 10.0. The third-order valence-corrected chi connectivity index (χ3v) is 10.0. The van der Waals surface area contributed by atoms with E-state index in [0.29, 0.717) is 4.34 Å². The second-order valence-corrected chi connectivity index (χ2v) is 13.4. The molecule has 0 aliphatic carbocycles. The van der Waals surface area contributed by atoms with Gasteiger partial charge in [0.1, 0.15) is 24.6 Å². The smallest absolute Gasteiger partial charge is 0.480 e. The van der Waals surface area contributed by atoms with E-state index < -0.39 is 52.6 Å². The number of phosphoric acid groups is 1. The van der Waals surface area contributed by atoms with Gasteiger partial charge in [-0.05, 0) is 16.7 Å². The van der Waals surface area contributed by atoms with Gasteiger partial charge in [0.05, 0.1) is 13.2 Å². The van der Waals surface area contributed by atoms with E-state index in [1.54, 1.807) is 4.57 Å². The fourth-order valence-electron chi connectivity index (χ4n) is 4.94. The zero-order chi connectivity index (χ0) is 31.9. The van der Waals surface area contributed by atoms with Crippen LogP contribution in [0.4, 0.5) is 5.95 Å². The van der Waals surface area contributed by atoms with Crippen LogP contribution in [0.15, 0.2) is 79.6 Å². The number of aliphatic hydroxyl groups excluding tert-OH is 2. The molecule has 4 heterocycles. The maximum Gasteiger partial charge on any atom is 0.480 e. The lowest BCUT2D eigenvalue weighted by molar-refractivity contribution is -0.745. The number of benzene rings is 2. The van der Waals surface area contributed by atoms with Crippen molar-refractivity contribution in [1.82, 2.24) is 23.9 Å². The van der Waals surface area contributed by atoms with Crippen molar-refractivity contribution in [2.45, 2.75) is 31.1 Å². The number of nitrogens with two attached hydrogens (primary N) is 1. The number of hydrogen-bond acceptors (Lipinski definition) is 12. The van der Waals surface area contributed by atoms with Crippen molar-refractivity contribution in [3.63, 3.8) is 0 Å². The molecule has 0 bridgehead atoms. The maximum absolute atomic E-state index is 12.9. The van der Waals surface area contributed by atoms with Gasteiger partial charge >= 0.3 is 21.2 Å². The second-order valence-electron chi connectivity index (χ2n) is 10.1. The molecule has 236 valence electrons. The molecule has 3 aromatic heterocycles. The van der Waals surface area contributed by atoms with Crippen LogP contribution in [0, 0.1) is 0 Å².